The Balaban J connectivity index is 1.54. The highest BCUT2D eigenvalue weighted by molar-refractivity contribution is 5.98. The number of hydrogen-bond acceptors (Lipinski definition) is 7. The number of anilines is 3. The third-order valence-corrected chi connectivity index (χ3v) is 6.35. The number of hydrazone groups is 2. The maximum absolute atomic E-state index is 15.0. The van der Waals surface area contributed by atoms with Gasteiger partial charge in [-0.1, -0.05) is 24.3 Å². The molecule has 2 N–H and O–H groups in total. The Bertz CT molecular complexity index is 1620. The Morgan fingerprint density at radius 2 is 1.45 bits per heavy atom. The number of fused-ring (bicyclic) bond motifs is 1. The summed E-state index contributed by atoms with van der Waals surface area (Å²) in [5.74, 6) is -1.34. The molecule has 3 aromatic carbocycles. The maximum atomic E-state index is 15.0. The van der Waals surface area contributed by atoms with E-state index in [1.54, 1.807) is 10.8 Å². The van der Waals surface area contributed by atoms with E-state index in [4.69, 9.17) is 0 Å². The Labute approximate surface area is 232 Å². The number of nitrogens with one attached hydrogen (secondary N) is 2. The van der Waals surface area contributed by atoms with Gasteiger partial charge in [0.05, 0.1) is 23.6 Å². The number of rotatable bonds is 9. The van der Waals surface area contributed by atoms with Gasteiger partial charge in [-0.15, -0.1) is 0 Å². The summed E-state index contributed by atoms with van der Waals surface area (Å²) in [4.78, 5) is 29.9. The van der Waals surface area contributed by atoms with Crippen LogP contribution in [0.25, 0.3) is 10.9 Å². The first-order valence-electron chi connectivity index (χ1n) is 12.7. The van der Waals surface area contributed by atoms with Crippen LogP contribution in [-0.2, 0) is 6.54 Å². The van der Waals surface area contributed by atoms with Gasteiger partial charge in [0.15, 0.2) is 0 Å². The van der Waals surface area contributed by atoms with Crippen molar-refractivity contribution in [1.82, 2.24) is 9.99 Å². The highest BCUT2D eigenvalue weighted by Gasteiger charge is 2.17. The molecule has 4 aromatic rings. The highest BCUT2D eigenvalue weighted by Crippen LogP contribution is 2.22. The molecule has 0 bridgehead atoms. The first-order chi connectivity index (χ1) is 19.2. The molecular weight excluding hydrogens is 509 g/mol. The molecular formula is C30H32FN7O2. The monoisotopic (exact) mass is 541 g/mol. The van der Waals surface area contributed by atoms with Crippen LogP contribution < -0.4 is 26.1 Å². The van der Waals surface area contributed by atoms with Crippen LogP contribution in [0.5, 0.6) is 0 Å². The second-order valence-electron chi connectivity index (χ2n) is 9.55. The molecule has 1 aromatic heterocycles. The van der Waals surface area contributed by atoms with Gasteiger partial charge in [0.25, 0.3) is 5.91 Å². The van der Waals surface area contributed by atoms with E-state index in [1.807, 2.05) is 93.4 Å². The molecule has 9 nitrogen and oxygen atoms in total. The van der Waals surface area contributed by atoms with Gasteiger partial charge < -0.3 is 14.4 Å². The molecule has 0 atom stereocenters. The van der Waals surface area contributed by atoms with Crippen LogP contribution in [0.2, 0.25) is 0 Å². The largest absolute Gasteiger partial charge is 0.378 e. The molecule has 0 saturated heterocycles. The molecule has 10 heteroatoms. The Morgan fingerprint density at radius 3 is 1.98 bits per heavy atom. The zero-order valence-corrected chi connectivity index (χ0v) is 23.1. The fraction of sp³-hybridized carbons (Fsp3) is 0.200. The number of amides is 1. The van der Waals surface area contributed by atoms with E-state index in [2.05, 4.69) is 21.1 Å². The van der Waals surface area contributed by atoms with E-state index < -0.39 is 17.2 Å². The molecule has 0 aliphatic rings. The van der Waals surface area contributed by atoms with E-state index in [-0.39, 0.29) is 16.6 Å². The smallest absolute Gasteiger partial charge is 0.276 e. The average Bonchev–Trinajstić information content (AvgIpc) is 2.94. The number of benzene rings is 3. The van der Waals surface area contributed by atoms with E-state index in [9.17, 15) is 14.0 Å². The van der Waals surface area contributed by atoms with E-state index in [0.717, 1.165) is 28.6 Å². The molecule has 40 heavy (non-hydrogen) atoms. The molecule has 1 heterocycles. The van der Waals surface area contributed by atoms with Crippen molar-refractivity contribution in [3.8, 4) is 0 Å². The topological polar surface area (TPSA) is 94.3 Å². The average molecular weight is 542 g/mol. The predicted octanol–water partition coefficient (Wildman–Crippen LogP) is 4.50. The van der Waals surface area contributed by atoms with Gasteiger partial charge in [-0.3, -0.25) is 15.0 Å². The lowest BCUT2D eigenvalue weighted by atomic mass is 10.1. The number of carbonyl (C=O) groups excluding carboxylic acids is 1. The SMILES string of the molecule is CCn1cc(C(=O)NN=Cc2ccc(N(C)C)cc2)c(=O)c2cc(F)c(NN=Cc3ccc(N(C)C)cc3)cc21. The van der Waals surface area contributed by atoms with Gasteiger partial charge >= 0.3 is 0 Å². The summed E-state index contributed by atoms with van der Waals surface area (Å²) < 4.78 is 16.7. The van der Waals surface area contributed by atoms with Gasteiger partial charge in [0.1, 0.15) is 11.4 Å². The highest BCUT2D eigenvalue weighted by atomic mass is 19.1. The van der Waals surface area contributed by atoms with E-state index in [0.29, 0.717) is 12.1 Å². The minimum absolute atomic E-state index is 0.0871. The Hall–Kier alpha value is -4.99. The maximum Gasteiger partial charge on any atom is 0.276 e. The molecule has 1 amide bonds. The predicted molar refractivity (Wildman–Crippen MR) is 162 cm³/mol. The molecule has 0 spiro atoms. The van der Waals surface area contributed by atoms with Crippen molar-refractivity contribution >= 4 is 46.3 Å². The van der Waals surface area contributed by atoms with Crippen LogP contribution in [0.1, 0.15) is 28.4 Å². The zero-order chi connectivity index (χ0) is 28.8. The lowest BCUT2D eigenvalue weighted by Gasteiger charge is -2.13. The van der Waals surface area contributed by atoms with Crippen molar-refractivity contribution in [1.29, 1.82) is 0 Å². The fourth-order valence-corrected chi connectivity index (χ4v) is 4.04. The zero-order valence-electron chi connectivity index (χ0n) is 23.1. The van der Waals surface area contributed by atoms with E-state index >= 15 is 0 Å². The molecule has 0 fully saturated rings. The van der Waals surface area contributed by atoms with Gasteiger partial charge in [0, 0.05) is 57.7 Å². The number of pyridine rings is 1. The Kier molecular flexibility index (Phi) is 8.58. The number of aromatic nitrogens is 1. The summed E-state index contributed by atoms with van der Waals surface area (Å²) in [5.41, 5.74) is 8.70. The third kappa shape index (κ3) is 6.35. The number of carbonyl (C=O) groups is 1. The minimum atomic E-state index is -0.678. The Morgan fingerprint density at radius 1 is 0.900 bits per heavy atom. The van der Waals surface area contributed by atoms with E-state index in [1.165, 1.54) is 18.5 Å². The summed E-state index contributed by atoms with van der Waals surface area (Å²) in [6.45, 7) is 2.32. The minimum Gasteiger partial charge on any atom is -0.378 e. The van der Waals surface area contributed by atoms with Crippen LogP contribution in [0.15, 0.2) is 81.9 Å². The third-order valence-electron chi connectivity index (χ3n) is 6.35. The summed E-state index contributed by atoms with van der Waals surface area (Å²) in [5, 5.41) is 8.22. The van der Waals surface area contributed by atoms with Gasteiger partial charge in [0.2, 0.25) is 5.43 Å². The van der Waals surface area contributed by atoms with Crippen molar-refractivity contribution < 1.29 is 9.18 Å². The van der Waals surface area contributed by atoms with Crippen LogP contribution in [0, 0.1) is 5.82 Å². The lowest BCUT2D eigenvalue weighted by molar-refractivity contribution is 0.0953. The van der Waals surface area contributed by atoms with Crippen molar-refractivity contribution in [2.24, 2.45) is 10.2 Å². The van der Waals surface area contributed by atoms with Gasteiger partial charge in [-0.25, -0.2) is 9.82 Å². The second kappa shape index (κ2) is 12.2. The number of hydrogen-bond donors (Lipinski definition) is 2. The molecule has 0 unspecified atom stereocenters. The molecule has 206 valence electrons. The molecule has 0 aliphatic heterocycles. The molecule has 0 aliphatic carbocycles. The fourth-order valence-electron chi connectivity index (χ4n) is 4.04. The number of aryl methyl sites for hydroxylation is 1. The lowest BCUT2D eigenvalue weighted by Crippen LogP contribution is -2.27. The van der Waals surface area contributed by atoms with Crippen LogP contribution >= 0.6 is 0 Å². The summed E-state index contributed by atoms with van der Waals surface area (Å²) in [6.07, 6.45) is 4.53. The van der Waals surface area contributed by atoms with Crippen molar-refractivity contribution in [2.75, 3.05) is 43.4 Å². The first-order valence-corrected chi connectivity index (χ1v) is 12.7. The van der Waals surface area contributed by atoms with Crippen molar-refractivity contribution in [3.63, 3.8) is 0 Å². The van der Waals surface area contributed by atoms with Gasteiger partial charge in [-0.05, 0) is 54.4 Å². The summed E-state index contributed by atoms with van der Waals surface area (Å²) >= 11 is 0. The first kappa shape index (κ1) is 28.0. The number of nitrogens with zero attached hydrogens (tertiary/aromatic N) is 5. The number of halogens is 1. The summed E-state index contributed by atoms with van der Waals surface area (Å²) in [6, 6.07) is 18.0. The van der Waals surface area contributed by atoms with Crippen LogP contribution in [-0.4, -0.2) is 51.1 Å². The van der Waals surface area contributed by atoms with Gasteiger partial charge in [-0.2, -0.15) is 10.2 Å². The second-order valence-corrected chi connectivity index (χ2v) is 9.55. The molecule has 0 saturated carbocycles. The van der Waals surface area contributed by atoms with Crippen molar-refractivity contribution in [2.45, 2.75) is 13.5 Å². The van der Waals surface area contributed by atoms with Crippen LogP contribution in [0.3, 0.4) is 0 Å². The molecule has 4 rings (SSSR count). The summed E-state index contributed by atoms with van der Waals surface area (Å²) in [7, 11) is 7.80. The standard InChI is InChI=1S/C30H32FN7O2/c1-6-38-19-25(30(40)35-33-18-21-9-13-23(14-10-21)37(4)5)29(39)24-15-26(31)27(16-28(24)38)34-32-17-20-7-11-22(12-8-20)36(2)3/h7-19,34H,6H2,1-5H3,(H,35,40). The normalized spacial score (nSPS) is 11.3. The van der Waals surface area contributed by atoms with Crippen molar-refractivity contribution in [3.05, 3.63) is 99.6 Å². The molecule has 0 radical (unpaired) electrons. The quantitative estimate of drug-likeness (QED) is 0.240. The van der Waals surface area contributed by atoms with Crippen LogP contribution in [0.4, 0.5) is 21.5 Å².